The molecule has 3 aromatic rings. The summed E-state index contributed by atoms with van der Waals surface area (Å²) in [5.41, 5.74) is 3.21. The highest BCUT2D eigenvalue weighted by Crippen LogP contribution is 2.36. The molecule has 1 aromatic carbocycles. The maximum Gasteiger partial charge on any atom is 0.225 e. The van der Waals surface area contributed by atoms with Crippen molar-refractivity contribution in [3.8, 4) is 17.1 Å². The fourth-order valence-electron chi connectivity index (χ4n) is 4.87. The molecule has 164 valence electrons. The Morgan fingerprint density at radius 2 is 1.84 bits per heavy atom. The smallest absolute Gasteiger partial charge is 0.225 e. The highest BCUT2D eigenvalue weighted by molar-refractivity contribution is 6.05. The molecule has 2 saturated heterocycles. The number of Topliss-reactive ketones (excluding diaryl/α,β-unsaturated/α-hetero) is 1. The van der Waals surface area contributed by atoms with Crippen molar-refractivity contribution >= 4 is 11.7 Å². The first-order valence-corrected chi connectivity index (χ1v) is 10.8. The van der Waals surface area contributed by atoms with E-state index in [2.05, 4.69) is 30.2 Å². The molecule has 0 spiro atoms. The summed E-state index contributed by atoms with van der Waals surface area (Å²) in [6, 6.07) is 8.94. The molecule has 2 fully saturated rings. The van der Waals surface area contributed by atoms with Crippen molar-refractivity contribution in [2.45, 2.75) is 19.9 Å². The van der Waals surface area contributed by atoms with Gasteiger partial charge in [0.15, 0.2) is 11.6 Å². The zero-order valence-corrected chi connectivity index (χ0v) is 18.4. The van der Waals surface area contributed by atoms with Crippen molar-refractivity contribution in [3.63, 3.8) is 0 Å². The number of benzene rings is 1. The molecular formula is C24H26N6O2. The summed E-state index contributed by atoms with van der Waals surface area (Å²) in [6.07, 6.45) is 3.36. The van der Waals surface area contributed by atoms with Gasteiger partial charge in [-0.25, -0.2) is 19.9 Å². The van der Waals surface area contributed by atoms with Gasteiger partial charge in [0, 0.05) is 60.5 Å². The number of aromatic nitrogens is 4. The van der Waals surface area contributed by atoms with Gasteiger partial charge in [0.25, 0.3) is 0 Å². The van der Waals surface area contributed by atoms with Gasteiger partial charge in [0.2, 0.25) is 5.95 Å². The third-order valence-corrected chi connectivity index (χ3v) is 6.35. The number of carbonyl (C=O) groups excluding carboxylic acids is 1. The fraction of sp³-hybridized carbons (Fsp3) is 0.375. The number of aryl methyl sites for hydroxylation is 2. The van der Waals surface area contributed by atoms with Gasteiger partial charge in [-0.05, 0) is 50.1 Å². The second-order valence-corrected chi connectivity index (χ2v) is 8.51. The van der Waals surface area contributed by atoms with Crippen LogP contribution in [0, 0.1) is 25.7 Å². The van der Waals surface area contributed by atoms with Gasteiger partial charge < -0.3 is 15.0 Å². The van der Waals surface area contributed by atoms with Crippen LogP contribution in [0.2, 0.25) is 0 Å². The molecule has 2 aliphatic rings. The Morgan fingerprint density at radius 1 is 1.09 bits per heavy atom. The van der Waals surface area contributed by atoms with Gasteiger partial charge in [-0.1, -0.05) is 0 Å². The number of carbonyl (C=O) groups is 1. The molecule has 4 heterocycles. The predicted octanol–water partition coefficient (Wildman–Crippen LogP) is 2.47. The lowest BCUT2D eigenvalue weighted by atomic mass is 9.88. The van der Waals surface area contributed by atoms with E-state index in [1.807, 2.05) is 38.1 Å². The zero-order chi connectivity index (χ0) is 22.2. The van der Waals surface area contributed by atoms with Gasteiger partial charge >= 0.3 is 0 Å². The van der Waals surface area contributed by atoms with Gasteiger partial charge in [0.05, 0.1) is 13.2 Å². The number of ketones is 1. The van der Waals surface area contributed by atoms with Crippen LogP contribution >= 0.6 is 0 Å². The van der Waals surface area contributed by atoms with Crippen LogP contribution in [0.3, 0.4) is 0 Å². The minimum absolute atomic E-state index is 0.0609. The average molecular weight is 431 g/mol. The van der Waals surface area contributed by atoms with Crippen LogP contribution in [0.25, 0.3) is 11.4 Å². The zero-order valence-electron chi connectivity index (χ0n) is 18.4. The Morgan fingerprint density at radius 3 is 2.56 bits per heavy atom. The molecule has 8 heteroatoms. The van der Waals surface area contributed by atoms with E-state index in [0.29, 0.717) is 28.6 Å². The third kappa shape index (κ3) is 3.71. The first kappa shape index (κ1) is 20.5. The predicted molar refractivity (Wildman–Crippen MR) is 121 cm³/mol. The van der Waals surface area contributed by atoms with Gasteiger partial charge in [0.1, 0.15) is 5.75 Å². The maximum atomic E-state index is 13.7. The number of ether oxygens (including phenoxy) is 1. The number of methoxy groups -OCH3 is 1. The molecule has 32 heavy (non-hydrogen) atoms. The highest BCUT2D eigenvalue weighted by atomic mass is 16.5. The normalized spacial score (nSPS) is 22.1. The molecule has 0 radical (unpaired) electrons. The minimum Gasteiger partial charge on any atom is -0.497 e. The Hall–Kier alpha value is -3.39. The molecule has 1 N–H and O–H groups in total. The Bertz CT molecular complexity index is 1130. The molecule has 2 aliphatic heterocycles. The van der Waals surface area contributed by atoms with Crippen molar-refractivity contribution in [2.24, 2.45) is 11.8 Å². The van der Waals surface area contributed by atoms with Gasteiger partial charge in [-0.3, -0.25) is 4.79 Å². The fourth-order valence-corrected chi connectivity index (χ4v) is 4.87. The van der Waals surface area contributed by atoms with E-state index < -0.39 is 0 Å². The summed E-state index contributed by atoms with van der Waals surface area (Å²) in [5, 5.41) is 3.47. The van der Waals surface area contributed by atoms with Gasteiger partial charge in [-0.15, -0.1) is 0 Å². The van der Waals surface area contributed by atoms with E-state index in [-0.39, 0.29) is 17.7 Å². The van der Waals surface area contributed by atoms with E-state index in [1.165, 1.54) is 0 Å². The maximum absolute atomic E-state index is 13.7. The van der Waals surface area contributed by atoms with Crippen LogP contribution in [0.5, 0.6) is 5.75 Å². The van der Waals surface area contributed by atoms with Crippen molar-refractivity contribution in [1.29, 1.82) is 0 Å². The molecule has 3 unspecified atom stereocenters. The van der Waals surface area contributed by atoms with E-state index >= 15 is 0 Å². The summed E-state index contributed by atoms with van der Waals surface area (Å²) in [7, 11) is 1.61. The van der Waals surface area contributed by atoms with Crippen molar-refractivity contribution < 1.29 is 9.53 Å². The topological polar surface area (TPSA) is 93.1 Å². The number of hydrogen-bond acceptors (Lipinski definition) is 8. The van der Waals surface area contributed by atoms with E-state index in [1.54, 1.807) is 25.6 Å². The monoisotopic (exact) mass is 430 g/mol. The average Bonchev–Trinajstić information content (AvgIpc) is 3.39. The van der Waals surface area contributed by atoms with Crippen LogP contribution in [0.1, 0.15) is 21.7 Å². The molecular weight excluding hydrogens is 404 g/mol. The Labute approximate surface area is 187 Å². The third-order valence-electron chi connectivity index (χ3n) is 6.35. The van der Waals surface area contributed by atoms with Crippen LogP contribution in [0.4, 0.5) is 5.95 Å². The highest BCUT2D eigenvalue weighted by Gasteiger charge is 2.46. The Balaban J connectivity index is 1.43. The van der Waals surface area contributed by atoms with Crippen LogP contribution in [0.15, 0.2) is 42.7 Å². The lowest BCUT2D eigenvalue weighted by Gasteiger charge is -2.22. The summed E-state index contributed by atoms with van der Waals surface area (Å²) in [4.78, 5) is 33.9. The van der Waals surface area contributed by atoms with Crippen molar-refractivity contribution in [1.82, 2.24) is 25.3 Å². The minimum atomic E-state index is -0.272. The lowest BCUT2D eigenvalue weighted by Crippen LogP contribution is -2.39. The van der Waals surface area contributed by atoms with E-state index in [4.69, 9.17) is 4.74 Å². The molecule has 5 rings (SSSR count). The molecule has 0 amide bonds. The molecule has 8 nitrogen and oxygen atoms in total. The van der Waals surface area contributed by atoms with Crippen LogP contribution in [-0.2, 0) is 0 Å². The van der Waals surface area contributed by atoms with E-state index in [0.717, 1.165) is 37.0 Å². The largest absolute Gasteiger partial charge is 0.497 e. The summed E-state index contributed by atoms with van der Waals surface area (Å²) in [6.45, 7) is 6.38. The number of fused-ring (bicyclic) bond motifs is 1. The Kier molecular flexibility index (Phi) is 5.30. The van der Waals surface area contributed by atoms with Crippen LogP contribution < -0.4 is 15.0 Å². The molecule has 0 aliphatic carbocycles. The molecule has 0 bridgehead atoms. The summed E-state index contributed by atoms with van der Waals surface area (Å²) in [5.74, 6) is 2.57. The quantitative estimate of drug-likeness (QED) is 0.617. The molecule has 0 saturated carbocycles. The number of nitrogens with one attached hydrogen (secondary N) is 1. The van der Waals surface area contributed by atoms with E-state index in [9.17, 15) is 4.79 Å². The van der Waals surface area contributed by atoms with Gasteiger partial charge in [-0.2, -0.15) is 0 Å². The second-order valence-electron chi connectivity index (χ2n) is 8.51. The number of anilines is 1. The SMILES string of the molecule is COc1ccc(C(=O)C2NCC3CN(c4nc(C)cc(C)n4)CC32)c(-c2ncccn2)c1. The molecule has 2 aromatic heterocycles. The first-order chi connectivity index (χ1) is 15.5. The standard InChI is InChI=1S/C24H26N6O2/c1-14-9-15(2)29-24(28-14)30-12-16-11-27-21(20(16)13-30)22(31)18-6-5-17(32-3)10-19(18)23-25-7-4-8-26-23/h4-10,16,20-21,27H,11-13H2,1-3H3. The number of nitrogens with zero attached hydrogens (tertiary/aromatic N) is 5. The van der Waals surface area contributed by atoms with Crippen LogP contribution in [-0.4, -0.2) is 58.5 Å². The lowest BCUT2D eigenvalue weighted by molar-refractivity contribution is 0.0931. The second kappa shape index (κ2) is 8.27. The summed E-state index contributed by atoms with van der Waals surface area (Å²) >= 11 is 0. The van der Waals surface area contributed by atoms with Crippen molar-refractivity contribution in [3.05, 3.63) is 59.7 Å². The molecule has 3 atom stereocenters. The van der Waals surface area contributed by atoms with Crippen molar-refractivity contribution in [2.75, 3.05) is 31.6 Å². The number of rotatable bonds is 5. The number of hydrogen-bond donors (Lipinski definition) is 1. The summed E-state index contributed by atoms with van der Waals surface area (Å²) < 4.78 is 5.39. The first-order valence-electron chi connectivity index (χ1n) is 10.8.